The molecule has 1 aromatic carbocycles. The number of halogens is 4. The van der Waals surface area contributed by atoms with Crippen molar-refractivity contribution in [2.24, 2.45) is 0 Å². The number of hydrogen-bond donors (Lipinski definition) is 1. The molecule has 1 unspecified atom stereocenters. The van der Waals surface area contributed by atoms with E-state index in [9.17, 15) is 13.2 Å². The number of fused-ring (bicyclic) bond motifs is 1. The fourth-order valence-electron chi connectivity index (χ4n) is 1.97. The summed E-state index contributed by atoms with van der Waals surface area (Å²) in [7, 11) is 0. The van der Waals surface area contributed by atoms with Crippen LogP contribution in [0.25, 0.3) is 0 Å². The minimum absolute atomic E-state index is 0.0832. The Labute approximate surface area is 120 Å². The first-order chi connectivity index (χ1) is 9.35. The zero-order valence-electron chi connectivity index (χ0n) is 10.9. The summed E-state index contributed by atoms with van der Waals surface area (Å²) in [5, 5.41) is 3.55. The summed E-state index contributed by atoms with van der Waals surface area (Å²) in [6.45, 7) is 1.97. The van der Waals surface area contributed by atoms with Crippen LogP contribution in [0.4, 0.5) is 18.9 Å². The van der Waals surface area contributed by atoms with Gasteiger partial charge in [0.1, 0.15) is 0 Å². The third-order valence-electron chi connectivity index (χ3n) is 2.96. The number of benzene rings is 1. The topological polar surface area (TPSA) is 30.5 Å². The van der Waals surface area contributed by atoms with Crippen LogP contribution in [0.2, 0.25) is 5.02 Å². The van der Waals surface area contributed by atoms with Crippen LogP contribution in [0.1, 0.15) is 26.2 Å². The fourth-order valence-corrected chi connectivity index (χ4v) is 2.18. The van der Waals surface area contributed by atoms with Crippen molar-refractivity contribution < 1.29 is 22.6 Å². The molecule has 1 atom stereocenters. The van der Waals surface area contributed by atoms with Gasteiger partial charge in [-0.3, -0.25) is 0 Å². The summed E-state index contributed by atoms with van der Waals surface area (Å²) in [5.74, 6) is 1.16. The summed E-state index contributed by atoms with van der Waals surface area (Å²) in [6.07, 6.45) is -4.38. The van der Waals surface area contributed by atoms with Gasteiger partial charge in [-0.05, 0) is 19.8 Å². The molecule has 1 aliphatic heterocycles. The monoisotopic (exact) mass is 309 g/mol. The van der Waals surface area contributed by atoms with Crippen molar-refractivity contribution >= 4 is 17.3 Å². The van der Waals surface area contributed by atoms with Crippen molar-refractivity contribution in [2.75, 3.05) is 12.1 Å². The molecule has 0 saturated carbocycles. The summed E-state index contributed by atoms with van der Waals surface area (Å²) >= 11 is 6.08. The molecule has 1 aliphatic rings. The average Bonchev–Trinajstić information content (AvgIpc) is 2.74. The molecular formula is C13H15ClF3NO2. The van der Waals surface area contributed by atoms with Crippen LogP contribution < -0.4 is 14.8 Å². The highest BCUT2D eigenvalue weighted by molar-refractivity contribution is 6.33. The Balaban J connectivity index is 1.90. The van der Waals surface area contributed by atoms with Crippen molar-refractivity contribution in [2.45, 2.75) is 38.4 Å². The Kier molecular flexibility index (Phi) is 4.52. The molecule has 0 aromatic heterocycles. The van der Waals surface area contributed by atoms with Gasteiger partial charge in [0.25, 0.3) is 0 Å². The van der Waals surface area contributed by atoms with E-state index in [0.717, 1.165) is 0 Å². The maximum absolute atomic E-state index is 12.1. The maximum atomic E-state index is 12.1. The van der Waals surface area contributed by atoms with E-state index in [4.69, 9.17) is 21.1 Å². The van der Waals surface area contributed by atoms with Gasteiger partial charge in [-0.15, -0.1) is 0 Å². The maximum Gasteiger partial charge on any atom is 0.389 e. The lowest BCUT2D eigenvalue weighted by Gasteiger charge is -2.17. The van der Waals surface area contributed by atoms with Gasteiger partial charge in [0, 0.05) is 24.6 Å². The third kappa shape index (κ3) is 4.10. The first-order valence-electron chi connectivity index (χ1n) is 6.27. The molecule has 0 bridgehead atoms. The normalized spacial score (nSPS) is 15.2. The fraction of sp³-hybridized carbons (Fsp3) is 0.538. The van der Waals surface area contributed by atoms with Gasteiger partial charge in [0.2, 0.25) is 6.79 Å². The van der Waals surface area contributed by atoms with Crippen molar-refractivity contribution in [1.82, 2.24) is 0 Å². The van der Waals surface area contributed by atoms with E-state index in [1.807, 2.05) is 6.92 Å². The zero-order chi connectivity index (χ0) is 14.8. The molecule has 0 amide bonds. The lowest BCUT2D eigenvalue weighted by atomic mass is 10.1. The second kappa shape index (κ2) is 5.99. The highest BCUT2D eigenvalue weighted by Gasteiger charge is 2.26. The van der Waals surface area contributed by atoms with Crippen LogP contribution in [0.5, 0.6) is 11.5 Å². The standard InChI is InChI=1S/C13H15ClF3NO2/c1-8(3-2-4-13(15,16)17)18-10-6-12-11(5-9(10)14)19-7-20-12/h5-6,8,18H,2-4,7H2,1H3. The Morgan fingerprint density at radius 1 is 1.30 bits per heavy atom. The lowest BCUT2D eigenvalue weighted by Crippen LogP contribution is -2.17. The van der Waals surface area contributed by atoms with Crippen molar-refractivity contribution in [1.29, 1.82) is 0 Å². The van der Waals surface area contributed by atoms with Gasteiger partial charge in [-0.1, -0.05) is 11.6 Å². The first kappa shape index (κ1) is 15.1. The summed E-state index contributed by atoms with van der Waals surface area (Å²) in [6, 6.07) is 3.22. The minimum atomic E-state index is -4.10. The molecule has 0 aliphatic carbocycles. The number of anilines is 1. The summed E-state index contributed by atoms with van der Waals surface area (Å²) in [5.41, 5.74) is 0.635. The quantitative estimate of drug-likeness (QED) is 0.862. The number of hydrogen-bond acceptors (Lipinski definition) is 3. The first-order valence-corrected chi connectivity index (χ1v) is 6.65. The molecule has 112 valence electrons. The second-order valence-corrected chi connectivity index (χ2v) is 5.15. The van der Waals surface area contributed by atoms with E-state index in [1.54, 1.807) is 12.1 Å². The smallest absolute Gasteiger partial charge is 0.389 e. The molecule has 1 heterocycles. The molecule has 0 fully saturated rings. The Bertz CT molecular complexity index is 479. The minimum Gasteiger partial charge on any atom is -0.454 e. The van der Waals surface area contributed by atoms with Gasteiger partial charge >= 0.3 is 6.18 Å². The third-order valence-corrected chi connectivity index (χ3v) is 3.27. The molecule has 0 radical (unpaired) electrons. The van der Waals surface area contributed by atoms with Gasteiger partial charge in [0.15, 0.2) is 11.5 Å². The summed E-state index contributed by atoms with van der Waals surface area (Å²) < 4.78 is 46.6. The SMILES string of the molecule is CC(CCCC(F)(F)F)Nc1cc2c(cc1Cl)OCO2. The van der Waals surface area contributed by atoms with Gasteiger partial charge in [-0.2, -0.15) is 13.2 Å². The van der Waals surface area contributed by atoms with E-state index >= 15 is 0 Å². The predicted octanol–water partition coefficient (Wildman–Crippen LogP) is 4.60. The van der Waals surface area contributed by atoms with Crippen LogP contribution in [0.3, 0.4) is 0 Å². The van der Waals surface area contributed by atoms with E-state index in [-0.39, 0.29) is 19.3 Å². The summed E-state index contributed by atoms with van der Waals surface area (Å²) in [4.78, 5) is 0. The van der Waals surface area contributed by atoms with Crippen LogP contribution in [0, 0.1) is 0 Å². The van der Waals surface area contributed by atoms with Gasteiger partial charge in [-0.25, -0.2) is 0 Å². The zero-order valence-corrected chi connectivity index (χ0v) is 11.6. The van der Waals surface area contributed by atoms with Crippen molar-refractivity contribution in [3.05, 3.63) is 17.2 Å². The molecule has 3 nitrogen and oxygen atoms in total. The van der Waals surface area contributed by atoms with Gasteiger partial charge < -0.3 is 14.8 Å². The Hall–Kier alpha value is -1.30. The second-order valence-electron chi connectivity index (χ2n) is 4.74. The molecule has 1 N–H and O–H groups in total. The lowest BCUT2D eigenvalue weighted by molar-refractivity contribution is -0.135. The highest BCUT2D eigenvalue weighted by atomic mass is 35.5. The molecule has 0 saturated heterocycles. The molecule has 2 rings (SSSR count). The number of alkyl halides is 3. The van der Waals surface area contributed by atoms with Crippen LogP contribution in [-0.4, -0.2) is 19.0 Å². The average molecular weight is 310 g/mol. The highest BCUT2D eigenvalue weighted by Crippen LogP contribution is 2.39. The molecule has 20 heavy (non-hydrogen) atoms. The molecule has 7 heteroatoms. The van der Waals surface area contributed by atoms with Crippen molar-refractivity contribution in [3.8, 4) is 11.5 Å². The van der Waals surface area contributed by atoms with Crippen LogP contribution in [0.15, 0.2) is 12.1 Å². The number of rotatable bonds is 5. The number of nitrogens with one attached hydrogen (secondary N) is 1. The Morgan fingerprint density at radius 2 is 1.95 bits per heavy atom. The van der Waals surface area contributed by atoms with E-state index in [2.05, 4.69) is 5.32 Å². The van der Waals surface area contributed by atoms with E-state index < -0.39 is 12.6 Å². The van der Waals surface area contributed by atoms with Crippen LogP contribution in [-0.2, 0) is 0 Å². The number of ether oxygens (including phenoxy) is 2. The molecule has 1 aromatic rings. The Morgan fingerprint density at radius 3 is 2.60 bits per heavy atom. The molecular weight excluding hydrogens is 295 g/mol. The molecule has 0 spiro atoms. The van der Waals surface area contributed by atoms with Crippen molar-refractivity contribution in [3.63, 3.8) is 0 Å². The van der Waals surface area contributed by atoms with E-state index in [0.29, 0.717) is 28.6 Å². The van der Waals surface area contributed by atoms with Gasteiger partial charge in [0.05, 0.1) is 10.7 Å². The van der Waals surface area contributed by atoms with Crippen LogP contribution >= 0.6 is 11.6 Å². The largest absolute Gasteiger partial charge is 0.454 e. The predicted molar refractivity (Wildman–Crippen MR) is 70.6 cm³/mol. The van der Waals surface area contributed by atoms with E-state index in [1.165, 1.54) is 0 Å².